The van der Waals surface area contributed by atoms with Gasteiger partial charge in [-0.1, -0.05) is 12.1 Å². The highest BCUT2D eigenvalue weighted by Crippen LogP contribution is 2.30. The lowest BCUT2D eigenvalue weighted by molar-refractivity contribution is 0.159. The number of fused-ring (bicyclic) bond motifs is 1. The summed E-state index contributed by atoms with van der Waals surface area (Å²) in [5, 5.41) is 6.03. The molecule has 0 amide bonds. The molecule has 1 unspecified atom stereocenters. The predicted molar refractivity (Wildman–Crippen MR) is 105 cm³/mol. The van der Waals surface area contributed by atoms with Gasteiger partial charge in [0, 0.05) is 32.3 Å². The monoisotopic (exact) mass is 358 g/mol. The second kappa shape index (κ2) is 9.21. The van der Waals surface area contributed by atoms with Crippen LogP contribution in [0.5, 0.6) is 11.5 Å². The quantitative estimate of drug-likeness (QED) is 0.747. The number of ether oxygens (including phenoxy) is 3. The Labute approximate surface area is 156 Å². The van der Waals surface area contributed by atoms with E-state index in [-0.39, 0.29) is 0 Å². The molecule has 2 aromatic carbocycles. The van der Waals surface area contributed by atoms with E-state index in [1.54, 1.807) is 21.3 Å². The van der Waals surface area contributed by atoms with Gasteiger partial charge in [-0.15, -0.1) is 0 Å². The molecule has 1 atom stereocenters. The van der Waals surface area contributed by atoms with Gasteiger partial charge >= 0.3 is 0 Å². The zero-order valence-corrected chi connectivity index (χ0v) is 16.1. The highest BCUT2D eigenvalue weighted by atomic mass is 16.5. The van der Waals surface area contributed by atoms with Crippen molar-refractivity contribution >= 4 is 10.8 Å². The number of benzene rings is 2. The zero-order chi connectivity index (χ0) is 18.4. The summed E-state index contributed by atoms with van der Waals surface area (Å²) < 4.78 is 16.2. The Balaban J connectivity index is 1.64. The molecule has 0 aliphatic carbocycles. The molecule has 5 nitrogen and oxygen atoms in total. The Bertz CT molecular complexity index is 714. The van der Waals surface area contributed by atoms with Crippen LogP contribution in [0.15, 0.2) is 30.3 Å². The lowest BCUT2D eigenvalue weighted by Gasteiger charge is -2.17. The van der Waals surface area contributed by atoms with Gasteiger partial charge in [0.1, 0.15) is 11.5 Å². The Kier molecular flexibility index (Phi) is 6.72. The molecular formula is C21H30N2O3. The second-order valence-corrected chi connectivity index (χ2v) is 6.91. The molecule has 142 valence electrons. The number of nitrogens with zero attached hydrogens (tertiary/aromatic N) is 1. The van der Waals surface area contributed by atoms with E-state index in [1.807, 2.05) is 12.1 Å². The summed E-state index contributed by atoms with van der Waals surface area (Å²) in [4.78, 5) is 2.49. The van der Waals surface area contributed by atoms with Crippen molar-refractivity contribution in [2.24, 2.45) is 5.92 Å². The molecule has 0 spiro atoms. The maximum Gasteiger partial charge on any atom is 0.123 e. The van der Waals surface area contributed by atoms with E-state index in [2.05, 4.69) is 28.4 Å². The summed E-state index contributed by atoms with van der Waals surface area (Å²) in [7, 11) is 5.20. The topological polar surface area (TPSA) is 43.0 Å². The van der Waals surface area contributed by atoms with E-state index in [0.717, 1.165) is 44.3 Å². The smallest absolute Gasteiger partial charge is 0.123 e. The largest absolute Gasteiger partial charge is 0.497 e. The van der Waals surface area contributed by atoms with E-state index >= 15 is 0 Å². The summed E-state index contributed by atoms with van der Waals surface area (Å²) in [6.07, 6.45) is 1.25. The maximum absolute atomic E-state index is 5.61. The van der Waals surface area contributed by atoms with E-state index < -0.39 is 0 Å². The van der Waals surface area contributed by atoms with Crippen molar-refractivity contribution in [2.45, 2.75) is 13.0 Å². The Morgan fingerprint density at radius 1 is 1.12 bits per heavy atom. The number of nitrogens with one attached hydrogen (secondary N) is 1. The molecule has 1 aliphatic heterocycles. The Hall–Kier alpha value is -1.82. The molecule has 2 aromatic rings. The molecule has 0 radical (unpaired) electrons. The Morgan fingerprint density at radius 2 is 1.96 bits per heavy atom. The van der Waals surface area contributed by atoms with Crippen molar-refractivity contribution in [1.82, 2.24) is 10.2 Å². The first-order valence-corrected chi connectivity index (χ1v) is 9.30. The average Bonchev–Trinajstić information content (AvgIpc) is 3.13. The number of hydrogen-bond acceptors (Lipinski definition) is 5. The molecule has 1 fully saturated rings. The van der Waals surface area contributed by atoms with Crippen LogP contribution in [0.2, 0.25) is 0 Å². The molecule has 1 heterocycles. The van der Waals surface area contributed by atoms with Crippen molar-refractivity contribution in [3.05, 3.63) is 35.9 Å². The van der Waals surface area contributed by atoms with Gasteiger partial charge in [-0.05, 0) is 54.4 Å². The minimum atomic E-state index is 0.697. The normalized spacial score (nSPS) is 17.7. The van der Waals surface area contributed by atoms with Crippen LogP contribution in [0.25, 0.3) is 10.8 Å². The van der Waals surface area contributed by atoms with Crippen LogP contribution < -0.4 is 14.8 Å². The third-order valence-electron chi connectivity index (χ3n) is 5.23. The summed E-state index contributed by atoms with van der Waals surface area (Å²) in [6.45, 7) is 5.98. The molecule has 3 rings (SSSR count). The number of hydrogen-bond donors (Lipinski definition) is 1. The van der Waals surface area contributed by atoms with Gasteiger partial charge in [-0.25, -0.2) is 0 Å². The van der Waals surface area contributed by atoms with E-state index in [4.69, 9.17) is 14.2 Å². The third kappa shape index (κ3) is 4.47. The lowest BCUT2D eigenvalue weighted by atomic mass is 10.0. The highest BCUT2D eigenvalue weighted by Gasteiger charge is 2.21. The maximum atomic E-state index is 5.61. The SMILES string of the molecule is COCCN1CCC(CNCc2c(OC)ccc3ccc(OC)cc23)C1. The molecule has 0 saturated carbocycles. The third-order valence-corrected chi connectivity index (χ3v) is 5.23. The molecule has 0 aromatic heterocycles. The summed E-state index contributed by atoms with van der Waals surface area (Å²) >= 11 is 0. The van der Waals surface area contributed by atoms with Gasteiger partial charge in [0.15, 0.2) is 0 Å². The van der Waals surface area contributed by atoms with Crippen molar-refractivity contribution < 1.29 is 14.2 Å². The Morgan fingerprint density at radius 3 is 2.73 bits per heavy atom. The van der Waals surface area contributed by atoms with Crippen LogP contribution in [0.3, 0.4) is 0 Å². The van der Waals surface area contributed by atoms with Gasteiger partial charge in [0.25, 0.3) is 0 Å². The minimum absolute atomic E-state index is 0.697. The fraction of sp³-hybridized carbons (Fsp3) is 0.524. The second-order valence-electron chi connectivity index (χ2n) is 6.91. The average molecular weight is 358 g/mol. The number of likely N-dealkylation sites (tertiary alicyclic amines) is 1. The molecular weight excluding hydrogens is 328 g/mol. The molecule has 0 bridgehead atoms. The first-order valence-electron chi connectivity index (χ1n) is 9.30. The lowest BCUT2D eigenvalue weighted by Crippen LogP contribution is -2.28. The van der Waals surface area contributed by atoms with Gasteiger partial charge in [-0.3, -0.25) is 0 Å². The van der Waals surface area contributed by atoms with Crippen LogP contribution >= 0.6 is 0 Å². The highest BCUT2D eigenvalue weighted by molar-refractivity contribution is 5.89. The van der Waals surface area contributed by atoms with Crippen LogP contribution in [-0.2, 0) is 11.3 Å². The van der Waals surface area contributed by atoms with Gasteiger partial charge < -0.3 is 24.4 Å². The van der Waals surface area contributed by atoms with Crippen LogP contribution in [0, 0.1) is 5.92 Å². The zero-order valence-electron chi connectivity index (χ0n) is 16.1. The molecule has 1 aliphatic rings. The molecule has 5 heteroatoms. The van der Waals surface area contributed by atoms with Crippen LogP contribution in [0.4, 0.5) is 0 Å². The van der Waals surface area contributed by atoms with Gasteiger partial charge in [0.05, 0.1) is 20.8 Å². The molecule has 1 saturated heterocycles. The first-order chi connectivity index (χ1) is 12.7. The summed E-state index contributed by atoms with van der Waals surface area (Å²) in [5.41, 5.74) is 1.19. The minimum Gasteiger partial charge on any atom is -0.497 e. The predicted octanol–water partition coefficient (Wildman–Crippen LogP) is 2.91. The summed E-state index contributed by atoms with van der Waals surface area (Å²) in [6, 6.07) is 10.3. The van der Waals surface area contributed by atoms with Crippen molar-refractivity contribution in [3.63, 3.8) is 0 Å². The van der Waals surface area contributed by atoms with E-state index in [0.29, 0.717) is 5.92 Å². The fourth-order valence-corrected chi connectivity index (χ4v) is 3.75. The summed E-state index contributed by atoms with van der Waals surface area (Å²) in [5.74, 6) is 2.49. The van der Waals surface area contributed by atoms with E-state index in [9.17, 15) is 0 Å². The van der Waals surface area contributed by atoms with Crippen LogP contribution in [0.1, 0.15) is 12.0 Å². The van der Waals surface area contributed by atoms with Crippen LogP contribution in [-0.4, -0.2) is 59.0 Å². The molecule has 26 heavy (non-hydrogen) atoms. The van der Waals surface area contributed by atoms with Gasteiger partial charge in [-0.2, -0.15) is 0 Å². The number of rotatable bonds is 9. The standard InChI is InChI=1S/C21H30N2O3/c1-24-11-10-23-9-8-16(15-23)13-22-14-20-19-12-18(25-2)6-4-17(19)5-7-21(20)26-3/h4-7,12,16,22H,8-11,13-15H2,1-3H3. The fourth-order valence-electron chi connectivity index (χ4n) is 3.75. The van der Waals surface area contributed by atoms with E-state index in [1.165, 1.54) is 29.3 Å². The van der Waals surface area contributed by atoms with Crippen molar-refractivity contribution in [2.75, 3.05) is 54.1 Å². The van der Waals surface area contributed by atoms with Crippen molar-refractivity contribution in [1.29, 1.82) is 0 Å². The number of methoxy groups -OCH3 is 3. The first kappa shape index (κ1) is 19.0. The molecule has 1 N–H and O–H groups in total. The van der Waals surface area contributed by atoms with Gasteiger partial charge in [0.2, 0.25) is 0 Å². The van der Waals surface area contributed by atoms with Crippen molar-refractivity contribution in [3.8, 4) is 11.5 Å².